The van der Waals surface area contributed by atoms with Gasteiger partial charge in [0.2, 0.25) is 0 Å². The summed E-state index contributed by atoms with van der Waals surface area (Å²) in [6, 6.07) is 13.2. The molecule has 0 aliphatic carbocycles. The second-order valence-corrected chi connectivity index (χ2v) is 5.09. The van der Waals surface area contributed by atoms with E-state index in [0.717, 1.165) is 31.6 Å². The van der Waals surface area contributed by atoms with Crippen LogP contribution in [-0.4, -0.2) is 34.1 Å². The fourth-order valence-electron chi connectivity index (χ4n) is 2.20. The molecule has 2 aromatic rings. The second kappa shape index (κ2) is 8.12. The van der Waals surface area contributed by atoms with E-state index in [-0.39, 0.29) is 5.91 Å². The molecule has 0 bridgehead atoms. The van der Waals surface area contributed by atoms with Gasteiger partial charge in [-0.05, 0) is 37.1 Å². The molecule has 116 valence electrons. The maximum Gasteiger partial charge on any atom is 0.274 e. The molecule has 2 rings (SSSR count). The summed E-state index contributed by atoms with van der Waals surface area (Å²) in [4.78, 5) is 14.2. The van der Waals surface area contributed by atoms with Crippen molar-refractivity contribution in [3.8, 4) is 0 Å². The number of carbonyl (C=O) groups is 1. The maximum absolute atomic E-state index is 12.4. The zero-order valence-corrected chi connectivity index (χ0v) is 13.1. The van der Waals surface area contributed by atoms with Crippen molar-refractivity contribution in [3.05, 3.63) is 48.2 Å². The van der Waals surface area contributed by atoms with Gasteiger partial charge >= 0.3 is 0 Å². The van der Waals surface area contributed by atoms with Crippen LogP contribution in [0, 0.1) is 0 Å². The number of hydrogen-bond acceptors (Lipinski definition) is 4. The summed E-state index contributed by atoms with van der Waals surface area (Å²) in [7, 11) is 0. The molecule has 0 radical (unpaired) electrons. The highest BCUT2D eigenvalue weighted by atomic mass is 16.2. The monoisotopic (exact) mass is 298 g/mol. The standard InChI is InChI=1S/C17H22N4O/c1-3-12-21(13-4-2)17(22)15-10-11-16(20-19-15)18-14-8-6-5-7-9-14/h5-11H,3-4,12-13H2,1-2H3,(H,18,20). The minimum Gasteiger partial charge on any atom is -0.339 e. The van der Waals surface area contributed by atoms with Crippen LogP contribution in [0.5, 0.6) is 0 Å². The Bertz CT molecular complexity index is 577. The maximum atomic E-state index is 12.4. The van der Waals surface area contributed by atoms with Gasteiger partial charge < -0.3 is 10.2 Å². The molecule has 0 spiro atoms. The number of nitrogens with one attached hydrogen (secondary N) is 1. The summed E-state index contributed by atoms with van der Waals surface area (Å²) in [5, 5.41) is 11.3. The minimum absolute atomic E-state index is 0.0533. The van der Waals surface area contributed by atoms with Crippen LogP contribution in [-0.2, 0) is 0 Å². The Kier molecular flexibility index (Phi) is 5.89. The van der Waals surface area contributed by atoms with Crippen LogP contribution in [0.15, 0.2) is 42.5 Å². The summed E-state index contributed by atoms with van der Waals surface area (Å²) < 4.78 is 0. The third-order valence-electron chi connectivity index (χ3n) is 3.20. The molecule has 1 aromatic heterocycles. The van der Waals surface area contributed by atoms with Crippen molar-refractivity contribution in [1.82, 2.24) is 15.1 Å². The third kappa shape index (κ3) is 4.28. The van der Waals surface area contributed by atoms with E-state index in [9.17, 15) is 4.79 Å². The van der Waals surface area contributed by atoms with Crippen molar-refractivity contribution in [1.29, 1.82) is 0 Å². The summed E-state index contributed by atoms with van der Waals surface area (Å²) in [5.74, 6) is 0.572. The quantitative estimate of drug-likeness (QED) is 0.850. The van der Waals surface area contributed by atoms with E-state index in [2.05, 4.69) is 29.4 Å². The Hall–Kier alpha value is -2.43. The van der Waals surface area contributed by atoms with Gasteiger partial charge in [0, 0.05) is 18.8 Å². The fourth-order valence-corrected chi connectivity index (χ4v) is 2.20. The first-order valence-corrected chi connectivity index (χ1v) is 7.69. The number of amides is 1. The number of anilines is 2. The number of carbonyl (C=O) groups excluding carboxylic acids is 1. The van der Waals surface area contributed by atoms with Crippen LogP contribution in [0.4, 0.5) is 11.5 Å². The number of benzene rings is 1. The van der Waals surface area contributed by atoms with Crippen LogP contribution < -0.4 is 5.32 Å². The molecule has 1 amide bonds. The molecule has 0 fully saturated rings. The minimum atomic E-state index is -0.0533. The highest BCUT2D eigenvalue weighted by Gasteiger charge is 2.16. The Balaban J connectivity index is 2.05. The average molecular weight is 298 g/mol. The summed E-state index contributed by atoms with van der Waals surface area (Å²) in [6.07, 6.45) is 1.87. The molecule has 0 aliphatic rings. The molecule has 0 aliphatic heterocycles. The lowest BCUT2D eigenvalue weighted by molar-refractivity contribution is 0.0748. The summed E-state index contributed by atoms with van der Waals surface area (Å²) in [6.45, 7) is 5.62. The van der Waals surface area contributed by atoms with E-state index in [1.807, 2.05) is 35.2 Å². The van der Waals surface area contributed by atoms with Gasteiger partial charge in [0.25, 0.3) is 5.91 Å². The first-order chi connectivity index (χ1) is 10.7. The van der Waals surface area contributed by atoms with Gasteiger partial charge in [-0.3, -0.25) is 4.79 Å². The molecule has 0 saturated heterocycles. The van der Waals surface area contributed by atoms with E-state index >= 15 is 0 Å². The third-order valence-corrected chi connectivity index (χ3v) is 3.20. The van der Waals surface area contributed by atoms with Gasteiger partial charge in [0.15, 0.2) is 11.5 Å². The van der Waals surface area contributed by atoms with Crippen molar-refractivity contribution in [3.63, 3.8) is 0 Å². The smallest absolute Gasteiger partial charge is 0.274 e. The second-order valence-electron chi connectivity index (χ2n) is 5.09. The molecule has 0 saturated carbocycles. The van der Waals surface area contributed by atoms with Crippen molar-refractivity contribution < 1.29 is 4.79 Å². The van der Waals surface area contributed by atoms with Crippen LogP contribution in [0.1, 0.15) is 37.2 Å². The molecule has 0 unspecified atom stereocenters. The molecule has 5 heteroatoms. The largest absolute Gasteiger partial charge is 0.339 e. The van der Waals surface area contributed by atoms with Crippen molar-refractivity contribution in [2.24, 2.45) is 0 Å². The Morgan fingerprint density at radius 3 is 2.23 bits per heavy atom. The van der Waals surface area contributed by atoms with Crippen molar-refractivity contribution >= 4 is 17.4 Å². The lowest BCUT2D eigenvalue weighted by atomic mass is 10.3. The average Bonchev–Trinajstić information content (AvgIpc) is 2.56. The van der Waals surface area contributed by atoms with Crippen LogP contribution >= 0.6 is 0 Å². The number of hydrogen-bond donors (Lipinski definition) is 1. The Morgan fingerprint density at radius 2 is 1.68 bits per heavy atom. The molecule has 22 heavy (non-hydrogen) atoms. The van der Waals surface area contributed by atoms with E-state index < -0.39 is 0 Å². The lowest BCUT2D eigenvalue weighted by Gasteiger charge is -2.20. The predicted molar refractivity (Wildman–Crippen MR) is 88.2 cm³/mol. The van der Waals surface area contributed by atoms with Gasteiger partial charge in [-0.15, -0.1) is 10.2 Å². The summed E-state index contributed by atoms with van der Waals surface area (Å²) in [5.41, 5.74) is 1.33. The Morgan fingerprint density at radius 1 is 1.00 bits per heavy atom. The summed E-state index contributed by atoms with van der Waals surface area (Å²) >= 11 is 0. The molecular weight excluding hydrogens is 276 g/mol. The van der Waals surface area contributed by atoms with Crippen LogP contribution in [0.2, 0.25) is 0 Å². The van der Waals surface area contributed by atoms with Crippen molar-refractivity contribution in [2.75, 3.05) is 18.4 Å². The van der Waals surface area contributed by atoms with Crippen LogP contribution in [0.25, 0.3) is 0 Å². The van der Waals surface area contributed by atoms with E-state index in [1.54, 1.807) is 12.1 Å². The zero-order valence-electron chi connectivity index (χ0n) is 13.1. The SMILES string of the molecule is CCCN(CCC)C(=O)c1ccc(Nc2ccccc2)nn1. The van der Waals surface area contributed by atoms with Gasteiger partial charge in [0.1, 0.15) is 0 Å². The molecule has 1 heterocycles. The molecular formula is C17H22N4O. The Labute approximate surface area is 131 Å². The molecule has 0 atom stereocenters. The van der Waals surface area contributed by atoms with E-state index in [4.69, 9.17) is 0 Å². The zero-order chi connectivity index (χ0) is 15.8. The van der Waals surface area contributed by atoms with Gasteiger partial charge in [-0.2, -0.15) is 0 Å². The number of nitrogens with zero attached hydrogens (tertiary/aromatic N) is 3. The fraction of sp³-hybridized carbons (Fsp3) is 0.353. The first-order valence-electron chi connectivity index (χ1n) is 7.69. The van der Waals surface area contributed by atoms with Crippen LogP contribution in [0.3, 0.4) is 0 Å². The predicted octanol–water partition coefficient (Wildman–Crippen LogP) is 3.48. The number of aromatic nitrogens is 2. The van der Waals surface area contributed by atoms with E-state index in [1.165, 1.54) is 0 Å². The lowest BCUT2D eigenvalue weighted by Crippen LogP contribution is -2.33. The normalized spacial score (nSPS) is 10.3. The highest BCUT2D eigenvalue weighted by molar-refractivity contribution is 5.92. The van der Waals surface area contributed by atoms with Crippen molar-refractivity contribution in [2.45, 2.75) is 26.7 Å². The van der Waals surface area contributed by atoms with Gasteiger partial charge in [-0.1, -0.05) is 32.0 Å². The van der Waals surface area contributed by atoms with Gasteiger partial charge in [-0.25, -0.2) is 0 Å². The number of rotatable bonds is 7. The molecule has 5 nitrogen and oxygen atoms in total. The number of para-hydroxylation sites is 1. The molecule has 1 aromatic carbocycles. The molecule has 1 N–H and O–H groups in total. The highest BCUT2D eigenvalue weighted by Crippen LogP contribution is 2.13. The van der Waals surface area contributed by atoms with E-state index in [0.29, 0.717) is 11.5 Å². The first kappa shape index (κ1) is 15.9. The van der Waals surface area contributed by atoms with Gasteiger partial charge in [0.05, 0.1) is 0 Å². The topological polar surface area (TPSA) is 58.1 Å².